The van der Waals surface area contributed by atoms with E-state index >= 15 is 0 Å². The van der Waals surface area contributed by atoms with Gasteiger partial charge in [0.1, 0.15) is 5.75 Å². The van der Waals surface area contributed by atoms with Crippen molar-refractivity contribution in [3.05, 3.63) is 53.1 Å². The van der Waals surface area contributed by atoms with Gasteiger partial charge in [0.25, 0.3) is 0 Å². The summed E-state index contributed by atoms with van der Waals surface area (Å²) in [5.41, 5.74) is 2.79. The molecule has 2 rings (SSSR count). The summed E-state index contributed by atoms with van der Waals surface area (Å²) >= 11 is 0. The van der Waals surface area contributed by atoms with E-state index in [-0.39, 0.29) is 17.2 Å². The summed E-state index contributed by atoms with van der Waals surface area (Å²) in [6.07, 6.45) is 0.520. The summed E-state index contributed by atoms with van der Waals surface area (Å²) in [7, 11) is 0. The van der Waals surface area contributed by atoms with Gasteiger partial charge < -0.3 is 15.3 Å². The molecule has 0 aliphatic heterocycles. The number of aryl methyl sites for hydroxylation is 1. The van der Waals surface area contributed by atoms with E-state index in [0.29, 0.717) is 12.0 Å². The Morgan fingerprint density at radius 1 is 0.824 bits per heavy atom. The van der Waals surface area contributed by atoms with Crippen molar-refractivity contribution >= 4 is 0 Å². The van der Waals surface area contributed by atoms with Gasteiger partial charge in [-0.05, 0) is 24.1 Å². The van der Waals surface area contributed by atoms with Crippen LogP contribution >= 0.6 is 0 Å². The van der Waals surface area contributed by atoms with Gasteiger partial charge in [-0.1, -0.05) is 24.3 Å². The monoisotopic (exact) mass is 230 g/mol. The standard InChI is InChI=1S/C14H14O3/c1-9-4-2-3-5-10(9)6-11-7-13(16)14(17)8-12(11)15/h2-5,7-8,15-17H,6H2,1H3. The van der Waals surface area contributed by atoms with Gasteiger partial charge in [-0.2, -0.15) is 0 Å². The molecule has 2 aromatic rings. The predicted octanol–water partition coefficient (Wildman–Crippen LogP) is 2.70. The minimum Gasteiger partial charge on any atom is -0.508 e. The lowest BCUT2D eigenvalue weighted by Crippen LogP contribution is -1.92. The fraction of sp³-hybridized carbons (Fsp3) is 0.143. The highest BCUT2D eigenvalue weighted by atomic mass is 16.3. The number of benzene rings is 2. The molecule has 0 radical (unpaired) electrons. The van der Waals surface area contributed by atoms with Crippen LogP contribution in [0.5, 0.6) is 17.2 Å². The Labute approximate surface area is 99.6 Å². The van der Waals surface area contributed by atoms with Crippen molar-refractivity contribution in [1.82, 2.24) is 0 Å². The van der Waals surface area contributed by atoms with Crippen LogP contribution in [0, 0.1) is 6.92 Å². The smallest absolute Gasteiger partial charge is 0.161 e. The second-order valence-electron chi connectivity index (χ2n) is 4.07. The van der Waals surface area contributed by atoms with E-state index in [4.69, 9.17) is 0 Å². The Balaban J connectivity index is 2.37. The first-order chi connectivity index (χ1) is 8.08. The molecular formula is C14H14O3. The molecule has 0 bridgehead atoms. The maximum absolute atomic E-state index is 9.70. The van der Waals surface area contributed by atoms with Gasteiger partial charge in [0, 0.05) is 18.1 Å². The Bertz CT molecular complexity index is 547. The van der Waals surface area contributed by atoms with Gasteiger partial charge in [0.15, 0.2) is 11.5 Å². The lowest BCUT2D eigenvalue weighted by Gasteiger charge is -2.09. The number of rotatable bonds is 2. The van der Waals surface area contributed by atoms with Crippen LogP contribution in [0.3, 0.4) is 0 Å². The fourth-order valence-electron chi connectivity index (χ4n) is 1.76. The first-order valence-corrected chi connectivity index (χ1v) is 5.36. The average Bonchev–Trinajstić information content (AvgIpc) is 2.29. The first-order valence-electron chi connectivity index (χ1n) is 5.36. The van der Waals surface area contributed by atoms with Gasteiger partial charge >= 0.3 is 0 Å². The zero-order valence-corrected chi connectivity index (χ0v) is 9.51. The molecule has 0 heterocycles. The molecule has 0 spiro atoms. The van der Waals surface area contributed by atoms with Crippen LogP contribution < -0.4 is 0 Å². The Kier molecular flexibility index (Phi) is 2.91. The summed E-state index contributed by atoms with van der Waals surface area (Å²) in [6, 6.07) is 10.4. The minimum absolute atomic E-state index is 0.0106. The third-order valence-corrected chi connectivity index (χ3v) is 2.82. The largest absolute Gasteiger partial charge is 0.508 e. The van der Waals surface area contributed by atoms with E-state index in [1.807, 2.05) is 31.2 Å². The molecule has 0 atom stereocenters. The van der Waals surface area contributed by atoms with E-state index in [0.717, 1.165) is 17.2 Å². The van der Waals surface area contributed by atoms with Crippen LogP contribution in [-0.2, 0) is 6.42 Å². The van der Waals surface area contributed by atoms with E-state index in [1.165, 1.54) is 6.07 Å². The number of hydrogen-bond acceptors (Lipinski definition) is 3. The summed E-state index contributed by atoms with van der Waals surface area (Å²) in [4.78, 5) is 0. The Morgan fingerprint density at radius 2 is 1.47 bits per heavy atom. The van der Waals surface area contributed by atoms with Crippen LogP contribution in [-0.4, -0.2) is 15.3 Å². The van der Waals surface area contributed by atoms with Gasteiger partial charge in [0.2, 0.25) is 0 Å². The second-order valence-corrected chi connectivity index (χ2v) is 4.07. The van der Waals surface area contributed by atoms with Crippen molar-refractivity contribution in [3.8, 4) is 17.2 Å². The molecule has 2 aromatic carbocycles. The van der Waals surface area contributed by atoms with E-state index in [2.05, 4.69) is 0 Å². The highest BCUT2D eigenvalue weighted by molar-refractivity contribution is 5.50. The third-order valence-electron chi connectivity index (χ3n) is 2.82. The van der Waals surface area contributed by atoms with Crippen molar-refractivity contribution in [3.63, 3.8) is 0 Å². The zero-order chi connectivity index (χ0) is 12.4. The van der Waals surface area contributed by atoms with Crippen LogP contribution in [0.2, 0.25) is 0 Å². The van der Waals surface area contributed by atoms with E-state index in [9.17, 15) is 15.3 Å². The number of aromatic hydroxyl groups is 3. The quantitative estimate of drug-likeness (QED) is 0.549. The van der Waals surface area contributed by atoms with Crippen molar-refractivity contribution in [2.75, 3.05) is 0 Å². The molecule has 0 aliphatic rings. The molecule has 0 aromatic heterocycles. The van der Waals surface area contributed by atoms with Crippen molar-refractivity contribution < 1.29 is 15.3 Å². The summed E-state index contributed by atoms with van der Waals surface area (Å²) in [5.74, 6) is -0.536. The summed E-state index contributed by atoms with van der Waals surface area (Å²) < 4.78 is 0. The third kappa shape index (κ3) is 2.33. The number of hydrogen-bond donors (Lipinski definition) is 3. The van der Waals surface area contributed by atoms with Gasteiger partial charge in [-0.25, -0.2) is 0 Å². The van der Waals surface area contributed by atoms with Crippen LogP contribution in [0.4, 0.5) is 0 Å². The number of phenols is 3. The lowest BCUT2D eigenvalue weighted by atomic mass is 10.00. The summed E-state index contributed by atoms with van der Waals surface area (Å²) in [6.45, 7) is 1.99. The Hall–Kier alpha value is -2.16. The van der Waals surface area contributed by atoms with Crippen LogP contribution in [0.1, 0.15) is 16.7 Å². The van der Waals surface area contributed by atoms with E-state index in [1.54, 1.807) is 0 Å². The molecule has 0 amide bonds. The molecule has 0 unspecified atom stereocenters. The van der Waals surface area contributed by atoms with Crippen molar-refractivity contribution in [1.29, 1.82) is 0 Å². The lowest BCUT2D eigenvalue weighted by molar-refractivity contribution is 0.395. The fourth-order valence-corrected chi connectivity index (χ4v) is 1.76. The van der Waals surface area contributed by atoms with Gasteiger partial charge in [-0.15, -0.1) is 0 Å². The first kappa shape index (κ1) is 11.3. The molecule has 0 saturated carbocycles. The van der Waals surface area contributed by atoms with Crippen molar-refractivity contribution in [2.24, 2.45) is 0 Å². The minimum atomic E-state index is -0.309. The number of phenolic OH excluding ortho intramolecular Hbond substituents is 3. The van der Waals surface area contributed by atoms with Gasteiger partial charge in [-0.3, -0.25) is 0 Å². The normalized spacial score (nSPS) is 10.4. The van der Waals surface area contributed by atoms with E-state index < -0.39 is 0 Å². The highest BCUT2D eigenvalue weighted by Crippen LogP contribution is 2.33. The molecule has 0 aliphatic carbocycles. The maximum Gasteiger partial charge on any atom is 0.161 e. The van der Waals surface area contributed by atoms with Gasteiger partial charge in [0.05, 0.1) is 0 Å². The highest BCUT2D eigenvalue weighted by Gasteiger charge is 2.09. The topological polar surface area (TPSA) is 60.7 Å². The SMILES string of the molecule is Cc1ccccc1Cc1cc(O)c(O)cc1O. The van der Waals surface area contributed by atoms with Crippen molar-refractivity contribution in [2.45, 2.75) is 13.3 Å². The molecular weight excluding hydrogens is 216 g/mol. The molecule has 3 N–H and O–H groups in total. The summed E-state index contributed by atoms with van der Waals surface area (Å²) in [5, 5.41) is 28.3. The maximum atomic E-state index is 9.70. The molecule has 17 heavy (non-hydrogen) atoms. The molecule has 88 valence electrons. The average molecular weight is 230 g/mol. The molecule has 0 saturated heterocycles. The van der Waals surface area contributed by atoms with Crippen LogP contribution in [0.15, 0.2) is 36.4 Å². The Morgan fingerprint density at radius 3 is 2.18 bits per heavy atom. The molecule has 3 heteroatoms. The predicted molar refractivity (Wildman–Crippen MR) is 65.4 cm³/mol. The molecule has 3 nitrogen and oxygen atoms in total. The zero-order valence-electron chi connectivity index (χ0n) is 9.51. The molecule has 0 fully saturated rings. The second kappa shape index (κ2) is 4.37. The van der Waals surface area contributed by atoms with Crippen LogP contribution in [0.25, 0.3) is 0 Å².